The predicted octanol–water partition coefficient (Wildman–Crippen LogP) is -14.6. The number of hydrogen-bond acceptors (Lipinski definition) is 32. The molecule has 0 radical (unpaired) electrons. The standard InChI is InChI=1S/C21H37NO15.C18H32O16.CH4/c1-2-3-22-4-8(26)12(28)18(9(27)5-23)36-21-17(33)15(31)19(11(7-25)35-21)37-20-16(32)14(30)13(29)10(6-24)34-20;19-1-4-7(22)8(23)12(27)17(31-4)34-15-6(3-21)32-18(13(28)10(15)25)33-14-5(2-20)30-16(29)11(26)9(14)24;/h1,8-33H,3-7H2;4-29H,1-3H2;1H4/t8?,9?,10?,11?,12-,13-,14+,15-,16?,17?,18-,19-,20-,21-;4?,5?,6?,7-,8+,9-,10-,11?,12?,13?,14-,15-,16+,17-,18-;/m11./s1. The van der Waals surface area contributed by atoms with E-state index in [4.69, 9.17) is 49.1 Å². The third kappa shape index (κ3) is 15.1. The molecule has 29 atom stereocenters. The first-order valence-electron chi connectivity index (χ1n) is 22.1. The van der Waals surface area contributed by atoms with Gasteiger partial charge in [0.15, 0.2) is 31.5 Å². The van der Waals surface area contributed by atoms with E-state index in [0.717, 1.165) is 0 Å². The van der Waals surface area contributed by atoms with Crippen LogP contribution in [-0.2, 0) is 42.6 Å². The van der Waals surface area contributed by atoms with E-state index in [1.165, 1.54) is 0 Å². The van der Waals surface area contributed by atoms with Gasteiger partial charge < -0.3 is 160 Å². The summed E-state index contributed by atoms with van der Waals surface area (Å²) in [6, 6.07) is 0. The molecule has 23 N–H and O–H groups in total. The second-order valence-electron chi connectivity index (χ2n) is 17.1. The molecule has 5 rings (SSSR count). The van der Waals surface area contributed by atoms with Crippen molar-refractivity contribution >= 4 is 0 Å². The van der Waals surface area contributed by atoms with Gasteiger partial charge in [0.25, 0.3) is 0 Å². The summed E-state index contributed by atoms with van der Waals surface area (Å²) in [4.78, 5) is 0. The van der Waals surface area contributed by atoms with Crippen LogP contribution in [-0.4, -0.2) is 343 Å². The van der Waals surface area contributed by atoms with Crippen LogP contribution in [0, 0.1) is 12.3 Å². The lowest BCUT2D eigenvalue weighted by atomic mass is 9.96. The van der Waals surface area contributed by atoms with E-state index in [-0.39, 0.29) is 20.5 Å². The van der Waals surface area contributed by atoms with Gasteiger partial charge in [-0.15, -0.1) is 6.42 Å². The lowest BCUT2D eigenvalue weighted by Crippen LogP contribution is -2.66. The maximum Gasteiger partial charge on any atom is 0.187 e. The summed E-state index contributed by atoms with van der Waals surface area (Å²) >= 11 is 0. The maximum atomic E-state index is 10.7. The summed E-state index contributed by atoms with van der Waals surface area (Å²) in [5.41, 5.74) is 0. The Morgan fingerprint density at radius 2 is 0.778 bits per heavy atom. The van der Waals surface area contributed by atoms with E-state index in [2.05, 4.69) is 11.2 Å². The maximum absolute atomic E-state index is 10.7. The van der Waals surface area contributed by atoms with Crippen molar-refractivity contribution in [1.82, 2.24) is 5.32 Å². The van der Waals surface area contributed by atoms with E-state index in [9.17, 15) is 112 Å². The average molecular weight is 1060 g/mol. The van der Waals surface area contributed by atoms with E-state index < -0.39 is 218 Å². The minimum atomic E-state index is -1.96. The molecule has 5 fully saturated rings. The zero-order chi connectivity index (χ0) is 53.2. The van der Waals surface area contributed by atoms with Crippen molar-refractivity contribution in [2.24, 2.45) is 0 Å². The number of aliphatic hydroxyl groups excluding tert-OH is 22. The van der Waals surface area contributed by atoms with Crippen LogP contribution in [0.15, 0.2) is 0 Å². The molecule has 72 heavy (non-hydrogen) atoms. The average Bonchev–Trinajstić information content (AvgIpc) is 3.36. The first-order chi connectivity index (χ1) is 33.6. The van der Waals surface area contributed by atoms with Crippen molar-refractivity contribution in [3.63, 3.8) is 0 Å². The zero-order valence-electron chi connectivity index (χ0n) is 37.5. The van der Waals surface area contributed by atoms with Crippen molar-refractivity contribution in [2.45, 2.75) is 185 Å². The van der Waals surface area contributed by atoms with E-state index in [0.29, 0.717) is 0 Å². The van der Waals surface area contributed by atoms with Gasteiger partial charge in [0, 0.05) is 6.54 Å². The van der Waals surface area contributed by atoms with E-state index >= 15 is 0 Å². The fraction of sp³-hybridized carbons (Fsp3) is 0.950. The highest BCUT2D eigenvalue weighted by molar-refractivity contribution is 4.98. The summed E-state index contributed by atoms with van der Waals surface area (Å²) < 4.78 is 47.9. The highest BCUT2D eigenvalue weighted by atomic mass is 16.8. The number of terminal acetylenes is 1. The smallest absolute Gasteiger partial charge is 0.187 e. The van der Waals surface area contributed by atoms with E-state index in [1.807, 2.05) is 0 Å². The van der Waals surface area contributed by atoms with Gasteiger partial charge in [-0.2, -0.15) is 0 Å². The number of aliphatic hydroxyl groups is 22. The highest BCUT2D eigenvalue weighted by Crippen LogP contribution is 2.34. The summed E-state index contributed by atoms with van der Waals surface area (Å²) in [5.74, 6) is 2.25. The van der Waals surface area contributed by atoms with Crippen LogP contribution in [0.5, 0.6) is 0 Å². The Morgan fingerprint density at radius 3 is 1.17 bits per heavy atom. The quantitative estimate of drug-likeness (QED) is 0.0398. The van der Waals surface area contributed by atoms with Crippen molar-refractivity contribution in [3.8, 4) is 12.3 Å². The molecule has 0 spiro atoms. The second kappa shape index (κ2) is 29.7. The number of ether oxygens (including phenoxy) is 9. The molecule has 0 amide bonds. The fourth-order valence-electron chi connectivity index (χ4n) is 8.01. The number of nitrogens with one attached hydrogen (secondary N) is 1. The first-order valence-corrected chi connectivity index (χ1v) is 22.1. The van der Waals surface area contributed by atoms with Crippen LogP contribution >= 0.6 is 0 Å². The van der Waals surface area contributed by atoms with Gasteiger partial charge in [-0.3, -0.25) is 0 Å². The lowest BCUT2D eigenvalue weighted by Gasteiger charge is -2.47. The number of rotatable bonds is 20. The zero-order valence-corrected chi connectivity index (χ0v) is 37.5. The normalized spacial score (nSPS) is 45.3. The summed E-state index contributed by atoms with van der Waals surface area (Å²) in [5, 5.41) is 222. The molecular weight excluding hydrogens is 990 g/mol. The molecule has 0 aromatic carbocycles. The molecule has 32 nitrogen and oxygen atoms in total. The Bertz CT molecular complexity index is 1570. The number of hydrogen-bond donors (Lipinski definition) is 23. The predicted molar refractivity (Wildman–Crippen MR) is 226 cm³/mol. The van der Waals surface area contributed by atoms with Crippen LogP contribution in [0.4, 0.5) is 0 Å². The highest BCUT2D eigenvalue weighted by Gasteiger charge is 2.55. The molecule has 0 bridgehead atoms. The van der Waals surface area contributed by atoms with Crippen LogP contribution in [0.1, 0.15) is 7.43 Å². The molecular formula is C40H73NO31. The van der Waals surface area contributed by atoms with Gasteiger partial charge in [0.2, 0.25) is 0 Å². The molecule has 0 aromatic heterocycles. The molecule has 12 unspecified atom stereocenters. The molecule has 0 saturated carbocycles. The first kappa shape index (κ1) is 64.6. The molecule has 5 aliphatic heterocycles. The molecule has 424 valence electrons. The van der Waals surface area contributed by atoms with Gasteiger partial charge in [-0.05, 0) is 0 Å². The van der Waals surface area contributed by atoms with E-state index in [1.54, 1.807) is 0 Å². The van der Waals surface area contributed by atoms with Crippen molar-refractivity contribution in [2.75, 3.05) is 52.7 Å². The minimum absolute atomic E-state index is 0. The Morgan fingerprint density at radius 1 is 0.431 bits per heavy atom. The molecule has 5 aliphatic rings. The molecule has 32 heteroatoms. The lowest BCUT2D eigenvalue weighted by molar-refractivity contribution is -0.377. The van der Waals surface area contributed by atoms with Gasteiger partial charge in [0.05, 0.1) is 52.3 Å². The summed E-state index contributed by atoms with van der Waals surface area (Å²) in [6.45, 7) is -5.02. The summed E-state index contributed by atoms with van der Waals surface area (Å²) in [7, 11) is 0. The topological polar surface area (TPSA) is 540 Å². The Hall–Kier alpha value is -1.72. The largest absolute Gasteiger partial charge is 0.394 e. The van der Waals surface area contributed by atoms with Gasteiger partial charge in [-0.25, -0.2) is 0 Å². The second-order valence-corrected chi connectivity index (χ2v) is 17.1. The van der Waals surface area contributed by atoms with Crippen LogP contribution in [0.25, 0.3) is 0 Å². The van der Waals surface area contributed by atoms with Crippen molar-refractivity contribution in [1.29, 1.82) is 0 Å². The SMILES string of the molecule is C.C#CCNCC(O)[C@@H](O)[C@H](O[C@H]1OC(CO)[C@@H](O[C@H]2OC(CO)[C@@H](O)[C@H](O)C2O)[C@H](O)C1O)C(O)CO.OCC1O[C@H](O[C@@H]2C(CO)O[C@H](O[C@@H]3C(CO)O[C@H](O)C(O)[C@H]3O)C(O)[C@H]2O)C(O)[C@@H](O)[C@@H]1O. The molecule has 0 aromatic rings. The third-order valence-corrected chi connectivity index (χ3v) is 12.2. The molecule has 5 heterocycles. The van der Waals surface area contributed by atoms with Gasteiger partial charge in [-0.1, -0.05) is 13.3 Å². The minimum Gasteiger partial charge on any atom is -0.394 e. The fourth-order valence-corrected chi connectivity index (χ4v) is 8.01. The monoisotopic (exact) mass is 1060 g/mol. The Balaban J connectivity index is 0.000000376. The van der Waals surface area contributed by atoms with Crippen molar-refractivity contribution < 1.29 is 155 Å². The molecule has 0 aliphatic carbocycles. The van der Waals surface area contributed by atoms with Crippen LogP contribution in [0.2, 0.25) is 0 Å². The summed E-state index contributed by atoms with van der Waals surface area (Å²) in [6.07, 6.45) is -44.1. The van der Waals surface area contributed by atoms with Gasteiger partial charge in [0.1, 0.15) is 140 Å². The molecule has 5 saturated heterocycles. The third-order valence-electron chi connectivity index (χ3n) is 12.2. The Kier molecular flexibility index (Phi) is 26.6. The van der Waals surface area contributed by atoms with Crippen LogP contribution in [0.3, 0.4) is 0 Å². The van der Waals surface area contributed by atoms with Gasteiger partial charge >= 0.3 is 0 Å². The Labute approximate surface area is 410 Å². The van der Waals surface area contributed by atoms with Crippen LogP contribution < -0.4 is 5.32 Å². The van der Waals surface area contributed by atoms with Crippen molar-refractivity contribution in [3.05, 3.63) is 0 Å².